The van der Waals surface area contributed by atoms with Crippen molar-refractivity contribution in [1.82, 2.24) is 25.9 Å². The standard InChI is InChI=1S/C33H35ClN8/c1-32(2,3)19-38-29-20(16-35)17-37-30-25(29)14-22(15-26(30)34)39-31(24-6-4-8-27-23(24)7-5-13-36-27)28-18-42(41-40-28)33-11-9-21(33)10-12-33/h4-8,13-15,17-18,21,31,39-41H,9-12,19H2,1-3H3,(H,37,38)/t21?,31-,33?/m0/s1. The Balaban J connectivity index is 1.32. The minimum Gasteiger partial charge on any atom is -0.383 e. The van der Waals surface area contributed by atoms with Crippen LogP contribution in [-0.2, 0) is 0 Å². The van der Waals surface area contributed by atoms with Crippen molar-refractivity contribution < 1.29 is 0 Å². The Morgan fingerprint density at radius 2 is 1.98 bits per heavy atom. The van der Waals surface area contributed by atoms with Gasteiger partial charge in [-0.25, -0.2) is 0 Å². The Morgan fingerprint density at radius 1 is 1.14 bits per heavy atom. The van der Waals surface area contributed by atoms with E-state index in [1.54, 1.807) is 6.20 Å². The minimum absolute atomic E-state index is 0.0222. The number of hydrazine groups is 2. The van der Waals surface area contributed by atoms with Crippen LogP contribution in [0.25, 0.3) is 21.8 Å². The topological polar surface area (TPSA) is 101 Å². The van der Waals surface area contributed by atoms with Gasteiger partial charge in [0.05, 0.1) is 44.6 Å². The molecule has 0 unspecified atom stereocenters. The van der Waals surface area contributed by atoms with Crippen LogP contribution in [0.5, 0.6) is 0 Å². The Labute approximate surface area is 251 Å². The van der Waals surface area contributed by atoms with Crippen molar-refractivity contribution in [1.29, 1.82) is 5.26 Å². The average Bonchev–Trinajstić information content (AvgIpc) is 3.45. The summed E-state index contributed by atoms with van der Waals surface area (Å²) in [7, 11) is 0. The number of fused-ring (bicyclic) bond motifs is 3. The van der Waals surface area contributed by atoms with Crippen molar-refractivity contribution in [3.63, 3.8) is 0 Å². The predicted molar refractivity (Wildman–Crippen MR) is 168 cm³/mol. The summed E-state index contributed by atoms with van der Waals surface area (Å²) in [6, 6.07) is 16.4. The van der Waals surface area contributed by atoms with Crippen molar-refractivity contribution >= 4 is 44.8 Å². The summed E-state index contributed by atoms with van der Waals surface area (Å²) in [5.74, 6) is 0.760. The van der Waals surface area contributed by atoms with Crippen LogP contribution in [0.15, 0.2) is 66.8 Å². The fraction of sp³-hybridized carbons (Fsp3) is 0.364. The Bertz CT molecular complexity index is 1750. The summed E-state index contributed by atoms with van der Waals surface area (Å²) < 4.78 is 0. The quantitative estimate of drug-likeness (QED) is 0.185. The number of aromatic nitrogens is 2. The molecule has 0 bridgehead atoms. The molecule has 0 spiro atoms. The molecule has 214 valence electrons. The van der Waals surface area contributed by atoms with Crippen LogP contribution in [-0.4, -0.2) is 27.1 Å². The van der Waals surface area contributed by atoms with Gasteiger partial charge in [-0.3, -0.25) is 15.0 Å². The van der Waals surface area contributed by atoms with E-state index in [1.807, 2.05) is 30.5 Å². The van der Waals surface area contributed by atoms with Crippen LogP contribution in [0.3, 0.4) is 0 Å². The number of hydrogen-bond acceptors (Lipinski definition) is 8. The van der Waals surface area contributed by atoms with Gasteiger partial charge in [-0.05, 0) is 66.8 Å². The third-order valence-corrected chi connectivity index (χ3v) is 9.42. The highest BCUT2D eigenvalue weighted by Gasteiger charge is 2.57. The van der Waals surface area contributed by atoms with Crippen molar-refractivity contribution in [2.75, 3.05) is 17.2 Å². The normalized spacial score (nSPS) is 21.9. The summed E-state index contributed by atoms with van der Waals surface area (Å²) in [5, 5.41) is 21.9. The second kappa shape index (κ2) is 10.0. The lowest BCUT2D eigenvalue weighted by atomic mass is 9.53. The van der Waals surface area contributed by atoms with E-state index >= 15 is 0 Å². The maximum absolute atomic E-state index is 9.91. The first-order valence-electron chi connectivity index (χ1n) is 14.6. The average molecular weight is 579 g/mol. The zero-order valence-electron chi connectivity index (χ0n) is 24.1. The largest absolute Gasteiger partial charge is 0.383 e. The maximum atomic E-state index is 9.91. The highest BCUT2D eigenvalue weighted by molar-refractivity contribution is 6.35. The molecule has 8 nitrogen and oxygen atoms in total. The molecule has 0 radical (unpaired) electrons. The second-order valence-corrected chi connectivity index (χ2v) is 13.4. The zero-order valence-corrected chi connectivity index (χ0v) is 24.9. The number of nitrogens with zero attached hydrogens (tertiary/aromatic N) is 4. The SMILES string of the molecule is CC(C)(C)CNc1c(C#N)cnc2c(Cl)cc(N[C@H](C3=CN(C45CCC4CC5)NN3)c3cccc4ncccc34)cc12. The van der Waals surface area contributed by atoms with Crippen LogP contribution in [0, 0.1) is 22.7 Å². The molecule has 0 amide bonds. The molecular weight excluding hydrogens is 544 g/mol. The Kier molecular flexibility index (Phi) is 6.41. The van der Waals surface area contributed by atoms with Crippen LogP contribution in [0.2, 0.25) is 5.02 Å². The van der Waals surface area contributed by atoms with Crippen molar-refractivity contribution in [2.45, 2.75) is 58.0 Å². The molecule has 1 aliphatic heterocycles. The van der Waals surface area contributed by atoms with Gasteiger partial charge in [-0.2, -0.15) is 5.26 Å². The molecule has 9 heteroatoms. The van der Waals surface area contributed by atoms with Crippen molar-refractivity contribution in [2.24, 2.45) is 11.3 Å². The fourth-order valence-corrected chi connectivity index (χ4v) is 6.89. The molecule has 2 fully saturated rings. The third kappa shape index (κ3) is 4.48. The number of benzene rings is 2. The van der Waals surface area contributed by atoms with E-state index in [2.05, 4.69) is 87.8 Å². The summed E-state index contributed by atoms with van der Waals surface area (Å²) in [5.41, 5.74) is 13.0. The highest BCUT2D eigenvalue weighted by atomic mass is 35.5. The van der Waals surface area contributed by atoms with Crippen molar-refractivity contribution in [3.05, 3.63) is 82.9 Å². The number of rotatable bonds is 7. The summed E-state index contributed by atoms with van der Waals surface area (Å²) in [4.78, 5) is 9.17. The van der Waals surface area contributed by atoms with Gasteiger partial charge in [0.2, 0.25) is 0 Å². The van der Waals surface area contributed by atoms with Crippen molar-refractivity contribution in [3.8, 4) is 6.07 Å². The number of nitriles is 1. The number of hydrogen-bond donors (Lipinski definition) is 4. The Hall–Kier alpha value is -4.06. The van der Waals surface area contributed by atoms with E-state index in [1.165, 1.54) is 25.7 Å². The lowest BCUT2D eigenvalue weighted by Gasteiger charge is -2.62. The van der Waals surface area contributed by atoms with E-state index < -0.39 is 0 Å². The van der Waals surface area contributed by atoms with Crippen LogP contribution < -0.4 is 21.6 Å². The van der Waals surface area contributed by atoms with Crippen LogP contribution in [0.4, 0.5) is 11.4 Å². The molecule has 2 aromatic heterocycles. The molecule has 2 saturated carbocycles. The van der Waals surface area contributed by atoms with Crippen LogP contribution >= 0.6 is 11.6 Å². The molecule has 2 aliphatic carbocycles. The first-order chi connectivity index (χ1) is 20.3. The summed E-state index contributed by atoms with van der Waals surface area (Å²) >= 11 is 6.86. The van der Waals surface area contributed by atoms with Gasteiger partial charge >= 0.3 is 0 Å². The van der Waals surface area contributed by atoms with Gasteiger partial charge in [0.1, 0.15) is 6.07 Å². The molecule has 4 N–H and O–H groups in total. The Morgan fingerprint density at radius 3 is 2.69 bits per heavy atom. The molecule has 42 heavy (non-hydrogen) atoms. The van der Waals surface area contributed by atoms with Crippen LogP contribution in [0.1, 0.15) is 63.6 Å². The predicted octanol–water partition coefficient (Wildman–Crippen LogP) is 7.03. The van der Waals surface area contributed by atoms with E-state index in [4.69, 9.17) is 11.6 Å². The maximum Gasteiger partial charge on any atom is 0.103 e. The second-order valence-electron chi connectivity index (χ2n) is 13.0. The molecule has 4 aromatic rings. The summed E-state index contributed by atoms with van der Waals surface area (Å²) in [6.07, 6.45) is 10.7. The van der Waals surface area contributed by atoms with E-state index in [0.717, 1.165) is 44.8 Å². The fourth-order valence-electron chi connectivity index (χ4n) is 6.63. The molecule has 2 aromatic carbocycles. The molecule has 3 heterocycles. The molecule has 3 aliphatic rings. The van der Waals surface area contributed by atoms with Gasteiger partial charge in [0, 0.05) is 41.6 Å². The number of anilines is 2. The minimum atomic E-state index is -0.225. The van der Waals surface area contributed by atoms with E-state index in [-0.39, 0.29) is 17.0 Å². The highest BCUT2D eigenvalue weighted by Crippen LogP contribution is 2.57. The van der Waals surface area contributed by atoms with Gasteiger partial charge in [0.15, 0.2) is 0 Å². The smallest absolute Gasteiger partial charge is 0.103 e. The van der Waals surface area contributed by atoms with Gasteiger partial charge in [0.25, 0.3) is 0 Å². The van der Waals surface area contributed by atoms with Gasteiger partial charge < -0.3 is 16.1 Å². The molecule has 0 saturated heterocycles. The van der Waals surface area contributed by atoms with E-state index in [9.17, 15) is 5.26 Å². The number of halogens is 1. The van der Waals surface area contributed by atoms with Gasteiger partial charge in [-0.1, -0.05) is 50.6 Å². The third-order valence-electron chi connectivity index (χ3n) is 9.13. The lowest BCUT2D eigenvalue weighted by Crippen LogP contribution is -2.67. The zero-order chi connectivity index (χ0) is 29.1. The first kappa shape index (κ1) is 26.8. The monoisotopic (exact) mass is 578 g/mol. The number of nitrogens with one attached hydrogen (secondary N) is 4. The van der Waals surface area contributed by atoms with Gasteiger partial charge in [-0.15, -0.1) is 5.53 Å². The summed E-state index contributed by atoms with van der Waals surface area (Å²) in [6.45, 7) is 7.18. The molecular formula is C33H35ClN8. The molecule has 7 rings (SSSR count). The first-order valence-corrected chi connectivity index (χ1v) is 15.0. The van der Waals surface area contributed by atoms with E-state index in [0.29, 0.717) is 22.6 Å². The number of pyridine rings is 2. The lowest BCUT2D eigenvalue weighted by molar-refractivity contribution is -0.117. The molecule has 1 atom stereocenters.